The van der Waals surface area contributed by atoms with E-state index in [1.807, 2.05) is 0 Å². The fraction of sp³-hybridized carbons (Fsp3) is 0.600. The molecule has 0 aliphatic carbocycles. The molecular formula is C15H24NO2+. The van der Waals surface area contributed by atoms with Crippen molar-refractivity contribution in [1.29, 1.82) is 0 Å². The third-order valence-corrected chi connectivity index (χ3v) is 3.28. The molecular weight excluding hydrogens is 226 g/mol. The van der Waals surface area contributed by atoms with Gasteiger partial charge in [0.2, 0.25) is 6.29 Å². The lowest BCUT2D eigenvalue weighted by atomic mass is 10.1. The van der Waals surface area contributed by atoms with Crippen LogP contribution in [0.5, 0.6) is 0 Å². The van der Waals surface area contributed by atoms with Crippen molar-refractivity contribution in [3.8, 4) is 0 Å². The van der Waals surface area contributed by atoms with Crippen LogP contribution in [0.15, 0.2) is 24.3 Å². The molecule has 0 bridgehead atoms. The van der Waals surface area contributed by atoms with Crippen molar-refractivity contribution < 1.29 is 14.8 Å². The highest BCUT2D eigenvalue weighted by atomic mass is 16.7. The van der Waals surface area contributed by atoms with Crippen molar-refractivity contribution in [3.05, 3.63) is 35.4 Å². The lowest BCUT2D eigenvalue weighted by Gasteiger charge is -2.14. The van der Waals surface area contributed by atoms with Gasteiger partial charge in [0.05, 0.1) is 19.8 Å². The summed E-state index contributed by atoms with van der Waals surface area (Å²) in [5, 5.41) is 2.29. The van der Waals surface area contributed by atoms with Gasteiger partial charge >= 0.3 is 0 Å². The first-order valence-electron chi connectivity index (χ1n) is 6.87. The van der Waals surface area contributed by atoms with Crippen LogP contribution in [0, 0.1) is 5.92 Å². The summed E-state index contributed by atoms with van der Waals surface area (Å²) in [6.45, 7) is 7.87. The molecule has 3 nitrogen and oxygen atoms in total. The second kappa shape index (κ2) is 6.88. The van der Waals surface area contributed by atoms with E-state index in [0.717, 1.165) is 19.0 Å². The Kier molecular flexibility index (Phi) is 5.17. The smallest absolute Gasteiger partial charge is 0.208 e. The van der Waals surface area contributed by atoms with E-state index < -0.39 is 0 Å². The molecule has 0 saturated carbocycles. The molecule has 0 radical (unpaired) electrons. The van der Waals surface area contributed by atoms with Gasteiger partial charge < -0.3 is 14.8 Å². The van der Waals surface area contributed by atoms with Crippen molar-refractivity contribution in [2.75, 3.05) is 13.1 Å². The summed E-state index contributed by atoms with van der Waals surface area (Å²) in [6, 6.07) is 8.33. The van der Waals surface area contributed by atoms with Gasteiger partial charge in [0.1, 0.15) is 6.54 Å². The minimum atomic E-state index is -0.0791. The molecule has 100 valence electrons. The van der Waals surface area contributed by atoms with E-state index in [1.54, 1.807) is 0 Å². The number of hydrogen-bond donors (Lipinski definition) is 1. The summed E-state index contributed by atoms with van der Waals surface area (Å²) in [6.07, 6.45) is 1.16. The Bertz CT molecular complexity index is 338. The van der Waals surface area contributed by atoms with Crippen LogP contribution >= 0.6 is 0 Å². The second-order valence-electron chi connectivity index (χ2n) is 5.32. The maximum atomic E-state index is 5.78. The predicted molar refractivity (Wildman–Crippen MR) is 70.9 cm³/mol. The molecule has 1 heterocycles. The number of ether oxygens (including phenoxy) is 2. The average Bonchev–Trinajstić information content (AvgIpc) is 2.57. The van der Waals surface area contributed by atoms with E-state index in [-0.39, 0.29) is 6.29 Å². The molecule has 0 fully saturated rings. The van der Waals surface area contributed by atoms with E-state index in [4.69, 9.17) is 9.47 Å². The first-order chi connectivity index (χ1) is 8.75. The van der Waals surface area contributed by atoms with Gasteiger partial charge in [-0.2, -0.15) is 0 Å². The van der Waals surface area contributed by atoms with E-state index in [1.165, 1.54) is 17.5 Å². The summed E-state index contributed by atoms with van der Waals surface area (Å²) in [5.74, 6) is 0.765. The lowest BCUT2D eigenvalue weighted by Crippen LogP contribution is -2.86. The van der Waals surface area contributed by atoms with E-state index in [0.29, 0.717) is 13.2 Å². The molecule has 3 heteroatoms. The van der Waals surface area contributed by atoms with Crippen LogP contribution in [0.3, 0.4) is 0 Å². The molecule has 1 aromatic carbocycles. The fourth-order valence-electron chi connectivity index (χ4n) is 2.09. The highest BCUT2D eigenvalue weighted by molar-refractivity contribution is 5.26. The number of quaternary nitrogens is 1. The zero-order valence-corrected chi connectivity index (χ0v) is 11.4. The average molecular weight is 250 g/mol. The van der Waals surface area contributed by atoms with E-state index in [9.17, 15) is 0 Å². The Labute approximate surface area is 109 Å². The van der Waals surface area contributed by atoms with Gasteiger partial charge in [0, 0.05) is 0 Å². The Morgan fingerprint density at radius 1 is 1.17 bits per heavy atom. The molecule has 0 unspecified atom stereocenters. The molecule has 2 rings (SSSR count). The molecule has 18 heavy (non-hydrogen) atoms. The van der Waals surface area contributed by atoms with Crippen LogP contribution in [0.4, 0.5) is 0 Å². The summed E-state index contributed by atoms with van der Waals surface area (Å²) >= 11 is 0. The molecule has 0 saturated heterocycles. The van der Waals surface area contributed by atoms with Crippen LogP contribution < -0.4 is 5.32 Å². The third-order valence-electron chi connectivity index (χ3n) is 3.28. The van der Waals surface area contributed by atoms with Crippen LogP contribution in [0.1, 0.15) is 31.4 Å². The normalized spacial score (nSPS) is 16.6. The zero-order chi connectivity index (χ0) is 12.8. The predicted octanol–water partition coefficient (Wildman–Crippen LogP) is 1.67. The van der Waals surface area contributed by atoms with Gasteiger partial charge in [-0.25, -0.2) is 0 Å². The largest absolute Gasteiger partial charge is 0.343 e. The van der Waals surface area contributed by atoms with Gasteiger partial charge in [-0.05, 0) is 23.5 Å². The van der Waals surface area contributed by atoms with Gasteiger partial charge in [0.25, 0.3) is 0 Å². The van der Waals surface area contributed by atoms with Crippen LogP contribution in [-0.4, -0.2) is 19.4 Å². The van der Waals surface area contributed by atoms with Crippen molar-refractivity contribution in [1.82, 2.24) is 0 Å². The molecule has 2 N–H and O–H groups in total. The van der Waals surface area contributed by atoms with Gasteiger partial charge in [0.15, 0.2) is 0 Å². The first kappa shape index (κ1) is 13.5. The van der Waals surface area contributed by atoms with Crippen molar-refractivity contribution in [3.63, 3.8) is 0 Å². The summed E-state index contributed by atoms with van der Waals surface area (Å²) in [5.41, 5.74) is 2.50. The Balaban J connectivity index is 1.74. The van der Waals surface area contributed by atoms with Gasteiger partial charge in [-0.15, -0.1) is 0 Å². The molecule has 1 aliphatic rings. The minimum Gasteiger partial charge on any atom is -0.343 e. The topological polar surface area (TPSA) is 35.1 Å². The number of hydrogen-bond acceptors (Lipinski definition) is 2. The maximum Gasteiger partial charge on any atom is 0.208 e. The van der Waals surface area contributed by atoms with Crippen molar-refractivity contribution >= 4 is 0 Å². The number of fused-ring (bicyclic) bond motifs is 1. The quantitative estimate of drug-likeness (QED) is 0.807. The first-order valence-corrected chi connectivity index (χ1v) is 6.87. The standard InChI is InChI=1S/C15H23NO2/c1-12(2)7-8-16-9-15-17-10-13-5-3-4-6-14(13)11-18-15/h3-6,12,15-16H,7-11H2,1-2H3/p+1. The number of benzene rings is 1. The second-order valence-corrected chi connectivity index (χ2v) is 5.32. The summed E-state index contributed by atoms with van der Waals surface area (Å²) in [7, 11) is 0. The van der Waals surface area contributed by atoms with Crippen LogP contribution in [0.2, 0.25) is 0 Å². The minimum absolute atomic E-state index is 0.0791. The third kappa shape index (κ3) is 4.09. The van der Waals surface area contributed by atoms with Gasteiger partial charge in [-0.3, -0.25) is 0 Å². The Hall–Kier alpha value is -0.900. The fourth-order valence-corrected chi connectivity index (χ4v) is 2.09. The van der Waals surface area contributed by atoms with E-state index in [2.05, 4.69) is 43.4 Å². The highest BCUT2D eigenvalue weighted by Crippen LogP contribution is 2.17. The van der Waals surface area contributed by atoms with E-state index >= 15 is 0 Å². The monoisotopic (exact) mass is 250 g/mol. The number of nitrogens with two attached hydrogens (primary N) is 1. The molecule has 1 aromatic rings. The summed E-state index contributed by atoms with van der Waals surface area (Å²) in [4.78, 5) is 0. The molecule has 0 aromatic heterocycles. The highest BCUT2D eigenvalue weighted by Gasteiger charge is 2.17. The SMILES string of the molecule is CC(C)CC[NH2+]CC1OCc2ccccc2CO1. The molecule has 1 aliphatic heterocycles. The zero-order valence-electron chi connectivity index (χ0n) is 11.4. The maximum absolute atomic E-state index is 5.78. The Morgan fingerprint density at radius 3 is 2.33 bits per heavy atom. The summed E-state index contributed by atoms with van der Waals surface area (Å²) < 4.78 is 11.6. The van der Waals surface area contributed by atoms with Crippen LogP contribution in [0.25, 0.3) is 0 Å². The molecule has 0 spiro atoms. The van der Waals surface area contributed by atoms with Gasteiger partial charge in [-0.1, -0.05) is 38.1 Å². The lowest BCUT2D eigenvalue weighted by molar-refractivity contribution is -0.669. The number of rotatable bonds is 5. The Morgan fingerprint density at radius 2 is 1.78 bits per heavy atom. The van der Waals surface area contributed by atoms with Crippen LogP contribution in [-0.2, 0) is 22.7 Å². The van der Waals surface area contributed by atoms with Crippen molar-refractivity contribution in [2.45, 2.75) is 39.8 Å². The molecule has 0 atom stereocenters. The van der Waals surface area contributed by atoms with Crippen molar-refractivity contribution in [2.24, 2.45) is 5.92 Å². The molecule has 0 amide bonds.